The molecule has 0 aromatic heterocycles. The van der Waals surface area contributed by atoms with Crippen LogP contribution in [0.4, 0.5) is 5.69 Å². The molecule has 4 nitrogen and oxygen atoms in total. The van der Waals surface area contributed by atoms with Gasteiger partial charge >= 0.3 is 11.8 Å². The van der Waals surface area contributed by atoms with Gasteiger partial charge in [-0.25, -0.2) is 0 Å². The molecule has 0 aliphatic heterocycles. The van der Waals surface area contributed by atoms with Crippen molar-refractivity contribution in [1.82, 2.24) is 4.90 Å². The summed E-state index contributed by atoms with van der Waals surface area (Å²) in [5.74, 6) is -1.35. The lowest BCUT2D eigenvalue weighted by molar-refractivity contribution is -0.141. The summed E-state index contributed by atoms with van der Waals surface area (Å²) in [6.07, 6.45) is 0. The first kappa shape index (κ1) is 12.8. The van der Waals surface area contributed by atoms with Gasteiger partial charge in [0.05, 0.1) is 10.0 Å². The van der Waals surface area contributed by atoms with Crippen LogP contribution in [0.25, 0.3) is 0 Å². The van der Waals surface area contributed by atoms with Crippen molar-refractivity contribution in [3.8, 4) is 0 Å². The normalized spacial score (nSPS) is 9.75. The van der Waals surface area contributed by atoms with Crippen molar-refractivity contribution in [2.45, 2.75) is 0 Å². The van der Waals surface area contributed by atoms with Crippen LogP contribution in [-0.2, 0) is 9.59 Å². The summed E-state index contributed by atoms with van der Waals surface area (Å²) in [5, 5.41) is 3.12. The van der Waals surface area contributed by atoms with Crippen LogP contribution in [0, 0.1) is 0 Å². The molecular weight excluding hydrogens is 251 g/mol. The van der Waals surface area contributed by atoms with E-state index < -0.39 is 11.8 Å². The number of hydrogen-bond donors (Lipinski definition) is 1. The summed E-state index contributed by atoms with van der Waals surface area (Å²) in [5.41, 5.74) is 0.426. The Bertz CT molecular complexity index is 433. The number of nitrogens with one attached hydrogen (secondary N) is 1. The molecule has 0 saturated carbocycles. The molecule has 0 bridgehead atoms. The Morgan fingerprint density at radius 2 is 1.81 bits per heavy atom. The number of anilines is 1. The molecule has 0 fully saturated rings. The SMILES string of the molecule is CN(C)C(=O)C(=O)Nc1ccc(Cl)c(Cl)c1. The van der Waals surface area contributed by atoms with Gasteiger partial charge in [-0.3, -0.25) is 9.59 Å². The van der Waals surface area contributed by atoms with Crippen LogP contribution >= 0.6 is 23.2 Å². The summed E-state index contributed by atoms with van der Waals surface area (Å²) in [7, 11) is 2.99. The van der Waals surface area contributed by atoms with Crippen LogP contribution in [-0.4, -0.2) is 30.8 Å². The van der Waals surface area contributed by atoms with E-state index >= 15 is 0 Å². The van der Waals surface area contributed by atoms with Crippen molar-refractivity contribution in [3.63, 3.8) is 0 Å². The predicted molar refractivity (Wildman–Crippen MR) is 63.8 cm³/mol. The Hall–Kier alpha value is -1.26. The Morgan fingerprint density at radius 3 is 2.31 bits per heavy atom. The number of carbonyl (C=O) groups excluding carboxylic acids is 2. The maximum absolute atomic E-state index is 11.4. The van der Waals surface area contributed by atoms with Crippen LogP contribution < -0.4 is 5.32 Å². The largest absolute Gasteiger partial charge is 0.341 e. The molecule has 16 heavy (non-hydrogen) atoms. The minimum Gasteiger partial charge on any atom is -0.341 e. The Kier molecular flexibility index (Phi) is 4.15. The molecule has 0 unspecified atom stereocenters. The van der Waals surface area contributed by atoms with Gasteiger partial charge < -0.3 is 10.2 Å². The second kappa shape index (κ2) is 5.18. The zero-order chi connectivity index (χ0) is 12.3. The maximum atomic E-state index is 11.4. The predicted octanol–water partition coefficient (Wildman–Crippen LogP) is 2.02. The molecule has 1 rings (SSSR count). The van der Waals surface area contributed by atoms with E-state index in [1.165, 1.54) is 25.1 Å². The first-order chi connectivity index (χ1) is 7.41. The van der Waals surface area contributed by atoms with Gasteiger partial charge in [0.1, 0.15) is 0 Å². The zero-order valence-corrected chi connectivity index (χ0v) is 10.3. The highest BCUT2D eigenvalue weighted by Gasteiger charge is 2.15. The number of rotatable bonds is 1. The third-order valence-electron chi connectivity index (χ3n) is 1.78. The van der Waals surface area contributed by atoms with Gasteiger partial charge in [-0.1, -0.05) is 23.2 Å². The molecule has 1 N–H and O–H groups in total. The van der Waals surface area contributed by atoms with Crippen molar-refractivity contribution in [2.24, 2.45) is 0 Å². The van der Waals surface area contributed by atoms with Crippen molar-refractivity contribution < 1.29 is 9.59 Å². The van der Waals surface area contributed by atoms with E-state index in [2.05, 4.69) is 5.32 Å². The van der Waals surface area contributed by atoms with E-state index in [0.717, 1.165) is 0 Å². The monoisotopic (exact) mass is 260 g/mol. The van der Waals surface area contributed by atoms with Gasteiger partial charge in [-0.2, -0.15) is 0 Å². The number of halogens is 2. The molecule has 0 aliphatic carbocycles. The maximum Gasteiger partial charge on any atom is 0.313 e. The lowest BCUT2D eigenvalue weighted by Gasteiger charge is -2.10. The van der Waals surface area contributed by atoms with Crippen LogP contribution in [0.1, 0.15) is 0 Å². The van der Waals surface area contributed by atoms with Crippen LogP contribution in [0.3, 0.4) is 0 Å². The van der Waals surface area contributed by atoms with E-state index in [-0.39, 0.29) is 0 Å². The summed E-state index contributed by atoms with van der Waals surface area (Å²) in [6, 6.07) is 4.58. The Labute approximate surface area is 103 Å². The van der Waals surface area contributed by atoms with Gasteiger partial charge in [-0.05, 0) is 18.2 Å². The topological polar surface area (TPSA) is 49.4 Å². The van der Waals surface area contributed by atoms with Crippen molar-refractivity contribution in [1.29, 1.82) is 0 Å². The fourth-order valence-corrected chi connectivity index (χ4v) is 1.26. The first-order valence-electron chi connectivity index (χ1n) is 4.39. The van der Waals surface area contributed by atoms with Gasteiger partial charge in [0.15, 0.2) is 0 Å². The van der Waals surface area contributed by atoms with Gasteiger partial charge in [0.25, 0.3) is 0 Å². The average molecular weight is 261 g/mol. The van der Waals surface area contributed by atoms with Gasteiger partial charge in [0.2, 0.25) is 0 Å². The summed E-state index contributed by atoms with van der Waals surface area (Å²) in [4.78, 5) is 23.8. The number of nitrogens with zero attached hydrogens (tertiary/aromatic N) is 1. The number of likely N-dealkylation sites (N-methyl/N-ethyl adjacent to an activating group) is 1. The standard InChI is InChI=1S/C10H10Cl2N2O2/c1-14(2)10(16)9(15)13-6-3-4-7(11)8(12)5-6/h3-5H,1-2H3,(H,13,15). The highest BCUT2D eigenvalue weighted by atomic mass is 35.5. The number of benzene rings is 1. The second-order valence-corrected chi connectivity index (χ2v) is 4.10. The molecule has 0 spiro atoms. The van der Waals surface area contributed by atoms with Crippen molar-refractivity contribution >= 4 is 40.7 Å². The summed E-state index contributed by atoms with van der Waals surface area (Å²) >= 11 is 11.5. The van der Waals surface area contributed by atoms with E-state index in [1.807, 2.05) is 0 Å². The third-order valence-corrected chi connectivity index (χ3v) is 2.52. The molecule has 0 radical (unpaired) electrons. The highest BCUT2D eigenvalue weighted by Crippen LogP contribution is 2.24. The fraction of sp³-hybridized carbons (Fsp3) is 0.200. The van der Waals surface area contributed by atoms with Crippen molar-refractivity contribution in [2.75, 3.05) is 19.4 Å². The van der Waals surface area contributed by atoms with Crippen LogP contribution in [0.2, 0.25) is 10.0 Å². The van der Waals surface area contributed by atoms with Gasteiger partial charge in [0, 0.05) is 19.8 Å². The van der Waals surface area contributed by atoms with E-state index in [0.29, 0.717) is 15.7 Å². The Morgan fingerprint density at radius 1 is 1.19 bits per heavy atom. The van der Waals surface area contributed by atoms with Gasteiger partial charge in [-0.15, -0.1) is 0 Å². The third kappa shape index (κ3) is 3.12. The molecule has 1 aromatic rings. The number of hydrogen-bond acceptors (Lipinski definition) is 2. The summed E-state index contributed by atoms with van der Waals surface area (Å²) < 4.78 is 0. The Balaban J connectivity index is 2.78. The van der Waals surface area contributed by atoms with Crippen LogP contribution in [0.5, 0.6) is 0 Å². The molecule has 0 atom stereocenters. The fourth-order valence-electron chi connectivity index (χ4n) is 0.962. The molecule has 1 aromatic carbocycles. The second-order valence-electron chi connectivity index (χ2n) is 3.28. The van der Waals surface area contributed by atoms with Crippen molar-refractivity contribution in [3.05, 3.63) is 28.2 Å². The molecular formula is C10H10Cl2N2O2. The molecule has 0 aliphatic rings. The number of amides is 2. The average Bonchev–Trinajstić information content (AvgIpc) is 2.22. The lowest BCUT2D eigenvalue weighted by atomic mass is 10.3. The van der Waals surface area contributed by atoms with E-state index in [9.17, 15) is 9.59 Å². The number of carbonyl (C=O) groups is 2. The minimum absolute atomic E-state index is 0.316. The molecule has 0 saturated heterocycles. The highest BCUT2D eigenvalue weighted by molar-refractivity contribution is 6.42. The molecule has 0 heterocycles. The lowest BCUT2D eigenvalue weighted by Crippen LogP contribution is -2.34. The minimum atomic E-state index is -0.719. The quantitative estimate of drug-likeness (QED) is 0.786. The zero-order valence-electron chi connectivity index (χ0n) is 8.75. The smallest absolute Gasteiger partial charge is 0.313 e. The van der Waals surface area contributed by atoms with E-state index in [1.54, 1.807) is 12.1 Å². The van der Waals surface area contributed by atoms with Crippen LogP contribution in [0.15, 0.2) is 18.2 Å². The molecule has 86 valence electrons. The first-order valence-corrected chi connectivity index (χ1v) is 5.15. The molecule has 2 amide bonds. The van der Waals surface area contributed by atoms with E-state index in [4.69, 9.17) is 23.2 Å². The summed E-state index contributed by atoms with van der Waals surface area (Å²) in [6.45, 7) is 0. The molecule has 6 heteroatoms.